The smallest absolute Gasteiger partial charge is 0.283 e. The van der Waals surface area contributed by atoms with E-state index in [-0.39, 0.29) is 22.8 Å². The first kappa shape index (κ1) is 24.6. The number of hydrogen-bond acceptors (Lipinski definition) is 8. The molecule has 0 spiro atoms. The van der Waals surface area contributed by atoms with Crippen LogP contribution in [0.15, 0.2) is 58.9 Å². The topological polar surface area (TPSA) is 123 Å². The third-order valence-corrected chi connectivity index (χ3v) is 8.19. The van der Waals surface area contributed by atoms with Gasteiger partial charge >= 0.3 is 0 Å². The van der Waals surface area contributed by atoms with E-state index < -0.39 is 22.4 Å². The first-order chi connectivity index (χ1) is 17.8. The van der Waals surface area contributed by atoms with Crippen molar-refractivity contribution in [2.24, 2.45) is 0 Å². The van der Waals surface area contributed by atoms with Crippen molar-refractivity contribution in [3.8, 4) is 0 Å². The number of amides is 3. The van der Waals surface area contributed by atoms with Crippen LogP contribution in [0.2, 0.25) is 0 Å². The highest BCUT2D eigenvalue weighted by Crippen LogP contribution is 2.37. The minimum absolute atomic E-state index is 0.00532. The lowest BCUT2D eigenvalue weighted by Crippen LogP contribution is -2.29. The number of nitro groups is 1. The van der Waals surface area contributed by atoms with Crippen LogP contribution < -0.4 is 10.2 Å². The van der Waals surface area contributed by atoms with E-state index in [1.807, 2.05) is 32.0 Å². The largest absolute Gasteiger partial charge is 0.325 e. The molecule has 1 aliphatic heterocycles. The molecule has 11 heteroatoms. The zero-order valence-corrected chi connectivity index (χ0v) is 21.4. The highest BCUT2D eigenvalue weighted by atomic mass is 32.2. The van der Waals surface area contributed by atoms with E-state index in [9.17, 15) is 24.5 Å². The number of rotatable bonds is 7. The van der Waals surface area contributed by atoms with E-state index in [0.29, 0.717) is 15.5 Å². The molecule has 1 aliphatic rings. The molecule has 0 fully saturated rings. The Labute approximate surface area is 219 Å². The summed E-state index contributed by atoms with van der Waals surface area (Å²) >= 11 is 2.64. The molecule has 0 saturated carbocycles. The van der Waals surface area contributed by atoms with Crippen LogP contribution in [0.1, 0.15) is 38.8 Å². The summed E-state index contributed by atoms with van der Waals surface area (Å²) in [6.45, 7) is 4.00. The summed E-state index contributed by atoms with van der Waals surface area (Å²) in [6, 6.07) is 14.9. The molecule has 186 valence electrons. The number of carbonyl (C=O) groups excluding carboxylic acids is 3. The second-order valence-corrected chi connectivity index (χ2v) is 10.6. The van der Waals surface area contributed by atoms with Gasteiger partial charge in [0.2, 0.25) is 5.91 Å². The molecule has 4 aromatic rings. The first-order valence-electron chi connectivity index (χ1n) is 11.4. The first-order valence-corrected chi connectivity index (χ1v) is 13.2. The zero-order chi connectivity index (χ0) is 26.3. The Morgan fingerprint density at radius 2 is 1.92 bits per heavy atom. The van der Waals surface area contributed by atoms with Crippen molar-refractivity contribution >= 4 is 68.1 Å². The molecule has 37 heavy (non-hydrogen) atoms. The number of thiazole rings is 1. The van der Waals surface area contributed by atoms with Crippen molar-refractivity contribution in [2.45, 2.75) is 24.6 Å². The number of nitro benzene ring substituents is 1. The standard InChI is InChI=1S/C26H20N4O5S2/c1-3-15-7-4-6-14(2)23(15)28-21(31)13-36-26-27-18-11-10-16(12-20(18)37-26)29-24(32)17-8-5-9-19(30(34)35)22(17)25(29)33/h4-12H,3,13H2,1-2H3,(H,28,31). The molecule has 2 heterocycles. The number of aryl methyl sites for hydroxylation is 2. The number of benzene rings is 3. The molecular formula is C26H20N4O5S2. The molecule has 3 amide bonds. The zero-order valence-electron chi connectivity index (χ0n) is 19.8. The molecule has 0 atom stereocenters. The Balaban J connectivity index is 1.34. The fourth-order valence-electron chi connectivity index (χ4n) is 4.25. The van der Waals surface area contributed by atoms with Gasteiger partial charge in [0.1, 0.15) is 5.56 Å². The number of nitrogens with zero attached hydrogens (tertiary/aromatic N) is 3. The molecule has 0 aliphatic carbocycles. The molecule has 9 nitrogen and oxygen atoms in total. The molecule has 5 rings (SSSR count). The van der Waals surface area contributed by atoms with Crippen LogP contribution in [0, 0.1) is 17.0 Å². The minimum Gasteiger partial charge on any atom is -0.325 e. The third-order valence-electron chi connectivity index (χ3n) is 6.03. The predicted molar refractivity (Wildman–Crippen MR) is 144 cm³/mol. The van der Waals surface area contributed by atoms with Gasteiger partial charge in [-0.05, 0) is 48.7 Å². The van der Waals surface area contributed by atoms with Crippen molar-refractivity contribution < 1.29 is 19.3 Å². The Kier molecular flexibility index (Phi) is 6.48. The molecule has 0 saturated heterocycles. The van der Waals surface area contributed by atoms with Crippen LogP contribution in [0.25, 0.3) is 10.2 Å². The van der Waals surface area contributed by atoms with Gasteiger partial charge < -0.3 is 5.32 Å². The van der Waals surface area contributed by atoms with Crippen LogP contribution in [0.4, 0.5) is 17.1 Å². The third kappa shape index (κ3) is 4.47. The van der Waals surface area contributed by atoms with Gasteiger partial charge in [0, 0.05) is 11.8 Å². The number of anilines is 2. The van der Waals surface area contributed by atoms with Crippen LogP contribution in [0.3, 0.4) is 0 Å². The van der Waals surface area contributed by atoms with Gasteiger partial charge in [-0.15, -0.1) is 11.3 Å². The van der Waals surface area contributed by atoms with Crippen LogP contribution in [-0.2, 0) is 11.2 Å². The van der Waals surface area contributed by atoms with Crippen molar-refractivity contribution in [2.75, 3.05) is 16.0 Å². The van der Waals surface area contributed by atoms with Crippen LogP contribution >= 0.6 is 23.1 Å². The average molecular weight is 533 g/mol. The van der Waals surface area contributed by atoms with E-state index >= 15 is 0 Å². The van der Waals surface area contributed by atoms with E-state index in [2.05, 4.69) is 10.3 Å². The summed E-state index contributed by atoms with van der Waals surface area (Å²) in [5.41, 5.74) is 3.28. The van der Waals surface area contributed by atoms with Crippen molar-refractivity contribution in [3.63, 3.8) is 0 Å². The van der Waals surface area contributed by atoms with E-state index in [4.69, 9.17) is 0 Å². The Hall–Kier alpha value is -4.09. The van der Waals surface area contributed by atoms with Crippen molar-refractivity contribution in [1.29, 1.82) is 0 Å². The van der Waals surface area contributed by atoms with Crippen LogP contribution in [0.5, 0.6) is 0 Å². The summed E-state index contributed by atoms with van der Waals surface area (Å²) in [5, 5.41) is 14.4. The summed E-state index contributed by atoms with van der Waals surface area (Å²) in [6.07, 6.45) is 0.811. The summed E-state index contributed by atoms with van der Waals surface area (Å²) < 4.78 is 1.39. The minimum atomic E-state index is -0.731. The lowest BCUT2D eigenvalue weighted by molar-refractivity contribution is -0.385. The van der Waals surface area contributed by atoms with E-state index in [1.54, 1.807) is 18.2 Å². The Bertz CT molecular complexity index is 1610. The lowest BCUT2D eigenvalue weighted by atomic mass is 10.1. The molecule has 3 aromatic carbocycles. The van der Waals surface area contributed by atoms with E-state index in [1.165, 1.54) is 41.3 Å². The number of thioether (sulfide) groups is 1. The second-order valence-electron chi connectivity index (χ2n) is 8.33. The maximum Gasteiger partial charge on any atom is 0.283 e. The second kappa shape index (κ2) is 9.75. The SMILES string of the molecule is CCc1cccc(C)c1NC(=O)CSc1nc2ccc(N3C(=O)c4cccc([N+](=O)[O-])c4C3=O)cc2s1. The number of fused-ring (bicyclic) bond motifs is 2. The molecule has 0 radical (unpaired) electrons. The number of nitrogens with one attached hydrogen (secondary N) is 1. The Morgan fingerprint density at radius 3 is 2.68 bits per heavy atom. The summed E-state index contributed by atoms with van der Waals surface area (Å²) in [4.78, 5) is 54.8. The van der Waals surface area contributed by atoms with Crippen molar-refractivity contribution in [1.82, 2.24) is 4.98 Å². The lowest BCUT2D eigenvalue weighted by Gasteiger charge is -2.13. The number of carbonyl (C=O) groups is 3. The maximum atomic E-state index is 13.0. The molecular weight excluding hydrogens is 512 g/mol. The number of aromatic nitrogens is 1. The number of para-hydroxylation sites is 1. The quantitative estimate of drug-likeness (QED) is 0.142. The molecule has 0 bridgehead atoms. The molecule has 0 unspecified atom stereocenters. The fraction of sp³-hybridized carbons (Fsp3) is 0.154. The monoisotopic (exact) mass is 532 g/mol. The van der Waals surface area contributed by atoms with Crippen molar-refractivity contribution in [3.05, 3.63) is 87.0 Å². The van der Waals surface area contributed by atoms with Gasteiger partial charge in [-0.2, -0.15) is 0 Å². The fourth-order valence-corrected chi connectivity index (χ4v) is 6.15. The summed E-state index contributed by atoms with van der Waals surface area (Å²) in [7, 11) is 0. The molecule has 1 N–H and O–H groups in total. The maximum absolute atomic E-state index is 13.0. The van der Waals surface area contributed by atoms with Gasteiger partial charge in [-0.3, -0.25) is 24.5 Å². The summed E-state index contributed by atoms with van der Waals surface area (Å²) in [5.74, 6) is -1.31. The highest BCUT2D eigenvalue weighted by molar-refractivity contribution is 8.01. The van der Waals surface area contributed by atoms with Gasteiger partial charge in [-0.25, -0.2) is 9.88 Å². The van der Waals surface area contributed by atoms with Crippen LogP contribution in [-0.4, -0.2) is 33.4 Å². The number of hydrogen-bond donors (Lipinski definition) is 1. The normalized spacial score (nSPS) is 12.8. The molecule has 1 aromatic heterocycles. The van der Waals surface area contributed by atoms with Gasteiger partial charge in [0.05, 0.1) is 32.1 Å². The average Bonchev–Trinajstić information content (AvgIpc) is 3.41. The van der Waals surface area contributed by atoms with Gasteiger partial charge in [-0.1, -0.05) is 43.0 Å². The number of imide groups is 1. The van der Waals surface area contributed by atoms with Gasteiger partial charge in [0.25, 0.3) is 17.5 Å². The predicted octanol–water partition coefficient (Wildman–Crippen LogP) is 5.61. The van der Waals surface area contributed by atoms with E-state index in [0.717, 1.165) is 32.8 Å². The Morgan fingerprint density at radius 1 is 1.14 bits per heavy atom. The highest BCUT2D eigenvalue weighted by Gasteiger charge is 2.41. The van der Waals surface area contributed by atoms with Gasteiger partial charge in [0.15, 0.2) is 4.34 Å².